The first-order valence-electron chi connectivity index (χ1n) is 6.09. The fraction of sp³-hybridized carbons (Fsp3) is 0.538. The van der Waals surface area contributed by atoms with Crippen LogP contribution in [0.1, 0.15) is 17.0 Å². The average molecular weight is 284 g/mol. The number of aliphatic hydroxyl groups excluding tert-OH is 1. The van der Waals surface area contributed by atoms with Crippen LogP contribution in [-0.2, 0) is 10.5 Å². The van der Waals surface area contributed by atoms with Crippen LogP contribution >= 0.6 is 11.8 Å². The zero-order valence-electron chi connectivity index (χ0n) is 11.4. The average Bonchev–Trinajstić information content (AvgIpc) is 2.70. The molecule has 5 nitrogen and oxygen atoms in total. The van der Waals surface area contributed by atoms with Crippen molar-refractivity contribution >= 4 is 17.7 Å². The Morgan fingerprint density at radius 2 is 2.32 bits per heavy atom. The number of amides is 1. The lowest BCUT2D eigenvalue weighted by atomic mass is 10.2. The van der Waals surface area contributed by atoms with Gasteiger partial charge in [0.1, 0.15) is 5.76 Å². The van der Waals surface area contributed by atoms with Gasteiger partial charge >= 0.3 is 0 Å². The topological polar surface area (TPSA) is 66.6 Å². The van der Waals surface area contributed by atoms with Gasteiger partial charge in [-0.25, -0.2) is 0 Å². The van der Waals surface area contributed by atoms with Crippen molar-refractivity contribution in [2.75, 3.05) is 25.4 Å². The number of aryl methyl sites for hydroxylation is 2. The predicted octanol–water partition coefficient (Wildman–Crippen LogP) is 1.53. The summed E-state index contributed by atoms with van der Waals surface area (Å²) < 4.78 is 5.07. The van der Waals surface area contributed by atoms with E-state index in [-0.39, 0.29) is 12.5 Å². The number of carbonyl (C=O) groups excluding carboxylic acids is 1. The van der Waals surface area contributed by atoms with Crippen LogP contribution in [0.4, 0.5) is 0 Å². The summed E-state index contributed by atoms with van der Waals surface area (Å²) in [5.74, 6) is 1.88. The van der Waals surface area contributed by atoms with E-state index in [1.165, 1.54) is 11.8 Å². The van der Waals surface area contributed by atoms with Crippen molar-refractivity contribution in [1.82, 2.24) is 10.1 Å². The number of aliphatic hydroxyl groups is 1. The number of nitrogens with zero attached hydrogens (tertiary/aromatic N) is 2. The Labute approximate surface area is 117 Å². The minimum Gasteiger partial charge on any atom is -0.395 e. The second kappa shape index (κ2) is 8.01. The zero-order chi connectivity index (χ0) is 14.3. The highest BCUT2D eigenvalue weighted by atomic mass is 32.2. The maximum Gasteiger partial charge on any atom is 0.232 e. The molecule has 0 aliphatic rings. The lowest BCUT2D eigenvalue weighted by Gasteiger charge is -2.19. The van der Waals surface area contributed by atoms with E-state index in [0.29, 0.717) is 24.6 Å². The van der Waals surface area contributed by atoms with Crippen LogP contribution in [-0.4, -0.2) is 46.5 Å². The predicted molar refractivity (Wildman–Crippen MR) is 76.0 cm³/mol. The Balaban J connectivity index is 2.43. The molecule has 0 aromatic carbocycles. The van der Waals surface area contributed by atoms with Gasteiger partial charge in [0, 0.05) is 24.4 Å². The monoisotopic (exact) mass is 284 g/mol. The van der Waals surface area contributed by atoms with Gasteiger partial charge in [-0.3, -0.25) is 4.79 Å². The molecule has 106 valence electrons. The molecule has 1 rings (SSSR count). The van der Waals surface area contributed by atoms with Crippen molar-refractivity contribution in [3.05, 3.63) is 29.7 Å². The fourth-order valence-corrected chi connectivity index (χ4v) is 2.71. The Morgan fingerprint density at radius 1 is 1.58 bits per heavy atom. The van der Waals surface area contributed by atoms with Gasteiger partial charge in [-0.2, -0.15) is 0 Å². The minimum absolute atomic E-state index is 0.00529. The number of rotatable bonds is 8. The summed E-state index contributed by atoms with van der Waals surface area (Å²) in [4.78, 5) is 13.5. The van der Waals surface area contributed by atoms with Crippen molar-refractivity contribution in [3.8, 4) is 0 Å². The number of hydrogen-bond donors (Lipinski definition) is 1. The van der Waals surface area contributed by atoms with Crippen LogP contribution in [0.5, 0.6) is 0 Å². The number of thioether (sulfide) groups is 1. The van der Waals surface area contributed by atoms with E-state index in [1.54, 1.807) is 11.0 Å². The quantitative estimate of drug-likeness (QED) is 0.733. The molecule has 1 N–H and O–H groups in total. The van der Waals surface area contributed by atoms with Crippen molar-refractivity contribution in [2.24, 2.45) is 0 Å². The third-order valence-corrected chi connectivity index (χ3v) is 3.67. The molecular weight excluding hydrogens is 264 g/mol. The molecule has 0 aliphatic heterocycles. The van der Waals surface area contributed by atoms with Gasteiger partial charge in [0.25, 0.3) is 0 Å². The van der Waals surface area contributed by atoms with Gasteiger partial charge in [0.15, 0.2) is 0 Å². The maximum absolute atomic E-state index is 11.9. The first kappa shape index (κ1) is 15.8. The lowest BCUT2D eigenvalue weighted by Crippen LogP contribution is -2.35. The molecule has 19 heavy (non-hydrogen) atoms. The third kappa shape index (κ3) is 4.72. The molecule has 0 fully saturated rings. The molecule has 0 saturated heterocycles. The van der Waals surface area contributed by atoms with E-state index < -0.39 is 0 Å². The van der Waals surface area contributed by atoms with Crippen LogP contribution in [0, 0.1) is 13.8 Å². The van der Waals surface area contributed by atoms with Gasteiger partial charge in [-0.1, -0.05) is 11.2 Å². The minimum atomic E-state index is -0.0336. The van der Waals surface area contributed by atoms with E-state index >= 15 is 0 Å². The largest absolute Gasteiger partial charge is 0.395 e. The van der Waals surface area contributed by atoms with Crippen molar-refractivity contribution < 1.29 is 14.4 Å². The van der Waals surface area contributed by atoms with Gasteiger partial charge in [-0.15, -0.1) is 18.3 Å². The van der Waals surface area contributed by atoms with Crippen LogP contribution < -0.4 is 0 Å². The zero-order valence-corrected chi connectivity index (χ0v) is 12.2. The molecular formula is C13H20N2O3S. The summed E-state index contributed by atoms with van der Waals surface area (Å²) in [7, 11) is 0. The van der Waals surface area contributed by atoms with Crippen molar-refractivity contribution in [2.45, 2.75) is 19.6 Å². The van der Waals surface area contributed by atoms with E-state index in [9.17, 15) is 4.79 Å². The Kier molecular flexibility index (Phi) is 6.66. The first-order valence-corrected chi connectivity index (χ1v) is 7.24. The normalized spacial score (nSPS) is 10.5. The molecule has 6 heteroatoms. The second-order valence-corrected chi connectivity index (χ2v) is 5.13. The maximum atomic E-state index is 11.9. The van der Waals surface area contributed by atoms with Gasteiger partial charge in [-0.05, 0) is 13.8 Å². The van der Waals surface area contributed by atoms with E-state index in [2.05, 4.69) is 11.7 Å². The SMILES string of the molecule is C=CCN(CCO)C(=O)CSCc1c(C)noc1C. The van der Waals surface area contributed by atoms with E-state index in [0.717, 1.165) is 17.0 Å². The van der Waals surface area contributed by atoms with Crippen molar-refractivity contribution in [1.29, 1.82) is 0 Å². The molecule has 0 atom stereocenters. The number of carbonyl (C=O) groups is 1. The molecule has 0 spiro atoms. The fourth-order valence-electron chi connectivity index (χ4n) is 1.63. The molecule has 1 heterocycles. The van der Waals surface area contributed by atoms with Crippen molar-refractivity contribution in [3.63, 3.8) is 0 Å². The Hall–Kier alpha value is -1.27. The standard InChI is InChI=1S/C13H20N2O3S/c1-4-5-15(6-7-16)13(17)9-19-8-12-10(2)14-18-11(12)3/h4,16H,1,5-9H2,2-3H3. The number of aromatic nitrogens is 1. The molecule has 1 aromatic heterocycles. The molecule has 0 saturated carbocycles. The van der Waals surface area contributed by atoms with Gasteiger partial charge in [0.05, 0.1) is 18.1 Å². The summed E-state index contributed by atoms with van der Waals surface area (Å²) in [6, 6.07) is 0. The highest BCUT2D eigenvalue weighted by Crippen LogP contribution is 2.19. The van der Waals surface area contributed by atoms with E-state index in [4.69, 9.17) is 9.63 Å². The summed E-state index contributed by atoms with van der Waals surface area (Å²) >= 11 is 1.52. The van der Waals surface area contributed by atoms with Crippen LogP contribution in [0.25, 0.3) is 0 Å². The first-order chi connectivity index (χ1) is 9.10. The van der Waals surface area contributed by atoms with Gasteiger partial charge in [0.2, 0.25) is 5.91 Å². The molecule has 1 aromatic rings. The van der Waals surface area contributed by atoms with Crippen LogP contribution in [0.2, 0.25) is 0 Å². The summed E-state index contributed by atoms with van der Waals surface area (Å²) in [6.45, 7) is 8.14. The highest BCUT2D eigenvalue weighted by Gasteiger charge is 2.13. The summed E-state index contributed by atoms with van der Waals surface area (Å²) in [5.41, 5.74) is 1.92. The number of hydrogen-bond acceptors (Lipinski definition) is 5. The summed E-state index contributed by atoms with van der Waals surface area (Å²) in [5, 5.41) is 12.8. The molecule has 1 amide bonds. The second-order valence-electron chi connectivity index (χ2n) is 4.15. The summed E-state index contributed by atoms with van der Waals surface area (Å²) in [6.07, 6.45) is 1.66. The molecule has 0 bridgehead atoms. The third-order valence-electron chi connectivity index (χ3n) is 2.73. The smallest absolute Gasteiger partial charge is 0.232 e. The van der Waals surface area contributed by atoms with Crippen LogP contribution in [0.15, 0.2) is 17.2 Å². The molecule has 0 radical (unpaired) electrons. The van der Waals surface area contributed by atoms with Gasteiger partial charge < -0.3 is 14.5 Å². The van der Waals surface area contributed by atoms with Crippen LogP contribution in [0.3, 0.4) is 0 Å². The van der Waals surface area contributed by atoms with E-state index in [1.807, 2.05) is 13.8 Å². The Morgan fingerprint density at radius 3 is 2.84 bits per heavy atom. The Bertz CT molecular complexity index is 412. The molecule has 0 aliphatic carbocycles. The molecule has 0 unspecified atom stereocenters. The lowest BCUT2D eigenvalue weighted by molar-refractivity contribution is -0.128. The highest BCUT2D eigenvalue weighted by molar-refractivity contribution is 7.99.